The third kappa shape index (κ3) is 2.13. The van der Waals surface area contributed by atoms with E-state index in [0.717, 1.165) is 5.56 Å². The molecule has 2 aromatic heterocycles. The Hall–Kier alpha value is -2.04. The zero-order valence-corrected chi connectivity index (χ0v) is 11.7. The van der Waals surface area contributed by atoms with Crippen molar-refractivity contribution in [3.8, 4) is 22.4 Å². The summed E-state index contributed by atoms with van der Waals surface area (Å²) in [6, 6.07) is 8.87. The highest BCUT2D eigenvalue weighted by Gasteiger charge is 2.21. The van der Waals surface area contributed by atoms with Gasteiger partial charge in [-0.3, -0.25) is 4.98 Å². The standard InChI is InChI=1S/C14H9Cl2N3O/c15-9-2-1-3-10(16)11(9)12-13(19-20-14(12)17)8-4-6-18-7-5-8/h1-7H,17H2. The van der Waals surface area contributed by atoms with Crippen LogP contribution in [0, 0.1) is 0 Å². The van der Waals surface area contributed by atoms with Crippen molar-refractivity contribution >= 4 is 29.1 Å². The van der Waals surface area contributed by atoms with E-state index in [-0.39, 0.29) is 5.88 Å². The van der Waals surface area contributed by atoms with Crippen molar-refractivity contribution in [3.05, 3.63) is 52.8 Å². The van der Waals surface area contributed by atoms with E-state index in [0.29, 0.717) is 26.9 Å². The molecule has 0 saturated heterocycles. The van der Waals surface area contributed by atoms with Crippen molar-refractivity contribution in [1.29, 1.82) is 0 Å². The molecule has 0 saturated carbocycles. The Kier molecular flexibility index (Phi) is 3.34. The van der Waals surface area contributed by atoms with Crippen molar-refractivity contribution in [3.63, 3.8) is 0 Å². The van der Waals surface area contributed by atoms with Gasteiger partial charge in [0, 0.05) is 23.5 Å². The second-order valence-corrected chi connectivity index (χ2v) is 4.92. The Morgan fingerprint density at radius 1 is 0.950 bits per heavy atom. The van der Waals surface area contributed by atoms with Crippen LogP contribution >= 0.6 is 23.2 Å². The number of nitrogens with zero attached hydrogens (tertiary/aromatic N) is 2. The third-order valence-electron chi connectivity index (χ3n) is 2.89. The molecule has 6 heteroatoms. The fraction of sp³-hybridized carbons (Fsp3) is 0. The highest BCUT2D eigenvalue weighted by Crippen LogP contribution is 2.42. The molecule has 0 amide bonds. The number of pyridine rings is 1. The number of aromatic nitrogens is 2. The average Bonchev–Trinajstić information content (AvgIpc) is 2.82. The minimum Gasteiger partial charge on any atom is -0.367 e. The summed E-state index contributed by atoms with van der Waals surface area (Å²) in [6.45, 7) is 0. The van der Waals surface area contributed by atoms with Crippen molar-refractivity contribution in [2.24, 2.45) is 0 Å². The SMILES string of the molecule is Nc1onc(-c2ccncc2)c1-c1c(Cl)cccc1Cl. The third-order valence-corrected chi connectivity index (χ3v) is 3.51. The molecule has 4 nitrogen and oxygen atoms in total. The van der Waals surface area contributed by atoms with Crippen LogP contribution in [-0.4, -0.2) is 10.1 Å². The van der Waals surface area contributed by atoms with Gasteiger partial charge in [-0.25, -0.2) is 0 Å². The average molecular weight is 306 g/mol. The molecule has 0 atom stereocenters. The minimum absolute atomic E-state index is 0.173. The Balaban J connectivity index is 2.28. The van der Waals surface area contributed by atoms with E-state index in [2.05, 4.69) is 10.1 Å². The maximum absolute atomic E-state index is 6.23. The van der Waals surface area contributed by atoms with E-state index in [1.54, 1.807) is 30.6 Å². The summed E-state index contributed by atoms with van der Waals surface area (Å²) in [5.74, 6) is 0.173. The second-order valence-electron chi connectivity index (χ2n) is 4.10. The van der Waals surface area contributed by atoms with Gasteiger partial charge in [0.25, 0.3) is 0 Å². The molecule has 0 aliphatic carbocycles. The minimum atomic E-state index is 0.173. The Morgan fingerprint density at radius 3 is 2.25 bits per heavy atom. The Morgan fingerprint density at radius 2 is 1.60 bits per heavy atom. The van der Waals surface area contributed by atoms with Crippen molar-refractivity contribution in [2.45, 2.75) is 0 Å². The quantitative estimate of drug-likeness (QED) is 0.767. The van der Waals surface area contributed by atoms with Gasteiger partial charge in [-0.15, -0.1) is 0 Å². The van der Waals surface area contributed by atoms with Crippen LogP contribution in [0.5, 0.6) is 0 Å². The summed E-state index contributed by atoms with van der Waals surface area (Å²) >= 11 is 12.5. The smallest absolute Gasteiger partial charge is 0.230 e. The number of nitrogens with two attached hydrogens (primary N) is 1. The van der Waals surface area contributed by atoms with Gasteiger partial charge in [0.2, 0.25) is 5.88 Å². The molecular formula is C14H9Cl2N3O. The molecule has 0 radical (unpaired) electrons. The lowest BCUT2D eigenvalue weighted by Gasteiger charge is -2.07. The molecular weight excluding hydrogens is 297 g/mol. The molecule has 2 N–H and O–H groups in total. The summed E-state index contributed by atoms with van der Waals surface area (Å²) in [7, 11) is 0. The van der Waals surface area contributed by atoms with Gasteiger partial charge in [0.15, 0.2) is 0 Å². The predicted octanol–water partition coefficient (Wildman–Crippen LogP) is 4.29. The van der Waals surface area contributed by atoms with E-state index < -0.39 is 0 Å². The van der Waals surface area contributed by atoms with Crippen LogP contribution in [-0.2, 0) is 0 Å². The van der Waals surface area contributed by atoms with Gasteiger partial charge >= 0.3 is 0 Å². The lowest BCUT2D eigenvalue weighted by molar-refractivity contribution is 0.439. The van der Waals surface area contributed by atoms with E-state index in [4.69, 9.17) is 33.5 Å². The molecule has 20 heavy (non-hydrogen) atoms. The highest BCUT2D eigenvalue weighted by atomic mass is 35.5. The molecule has 0 fully saturated rings. The number of rotatable bonds is 2. The van der Waals surface area contributed by atoms with Crippen LogP contribution < -0.4 is 5.73 Å². The van der Waals surface area contributed by atoms with Gasteiger partial charge < -0.3 is 10.3 Å². The number of halogens is 2. The van der Waals surface area contributed by atoms with Gasteiger partial charge in [-0.2, -0.15) is 0 Å². The van der Waals surface area contributed by atoms with E-state index in [1.165, 1.54) is 0 Å². The van der Waals surface area contributed by atoms with Crippen LogP contribution in [0.3, 0.4) is 0 Å². The number of hydrogen-bond acceptors (Lipinski definition) is 4. The van der Waals surface area contributed by atoms with E-state index in [1.807, 2.05) is 12.1 Å². The van der Waals surface area contributed by atoms with Crippen molar-refractivity contribution in [1.82, 2.24) is 10.1 Å². The fourth-order valence-corrected chi connectivity index (χ4v) is 2.57. The monoisotopic (exact) mass is 305 g/mol. The van der Waals surface area contributed by atoms with Crippen LogP contribution in [0.4, 0.5) is 5.88 Å². The number of anilines is 1. The predicted molar refractivity (Wildman–Crippen MR) is 79.6 cm³/mol. The van der Waals surface area contributed by atoms with Crippen molar-refractivity contribution < 1.29 is 4.52 Å². The largest absolute Gasteiger partial charge is 0.367 e. The lowest BCUT2D eigenvalue weighted by Crippen LogP contribution is -1.90. The first-order valence-electron chi connectivity index (χ1n) is 5.78. The Bertz CT molecular complexity index is 736. The number of benzene rings is 1. The first-order valence-corrected chi connectivity index (χ1v) is 6.54. The molecule has 0 aliphatic heterocycles. The zero-order chi connectivity index (χ0) is 14.1. The molecule has 3 aromatic rings. The summed E-state index contributed by atoms with van der Waals surface area (Å²) < 4.78 is 5.10. The summed E-state index contributed by atoms with van der Waals surface area (Å²) in [6.07, 6.45) is 3.33. The first kappa shape index (κ1) is 13.0. The topological polar surface area (TPSA) is 64.9 Å². The van der Waals surface area contributed by atoms with Gasteiger partial charge in [0.05, 0.1) is 15.6 Å². The number of nitrogen functional groups attached to an aromatic ring is 1. The van der Waals surface area contributed by atoms with E-state index >= 15 is 0 Å². The fourth-order valence-electron chi connectivity index (χ4n) is 1.99. The highest BCUT2D eigenvalue weighted by molar-refractivity contribution is 6.39. The molecule has 0 aliphatic rings. The summed E-state index contributed by atoms with van der Waals surface area (Å²) in [5, 5.41) is 4.98. The normalized spacial score (nSPS) is 10.7. The van der Waals surface area contributed by atoms with Crippen molar-refractivity contribution in [2.75, 3.05) is 5.73 Å². The summed E-state index contributed by atoms with van der Waals surface area (Å²) in [4.78, 5) is 3.97. The summed E-state index contributed by atoms with van der Waals surface area (Å²) in [5.41, 5.74) is 8.50. The first-order chi connectivity index (χ1) is 9.68. The van der Waals surface area contributed by atoms with Crippen LogP contribution in [0.2, 0.25) is 10.0 Å². The lowest BCUT2D eigenvalue weighted by atomic mass is 10.0. The second kappa shape index (κ2) is 5.15. The maximum Gasteiger partial charge on any atom is 0.230 e. The van der Waals surface area contributed by atoms with Crippen LogP contribution in [0.25, 0.3) is 22.4 Å². The zero-order valence-electron chi connectivity index (χ0n) is 10.2. The van der Waals surface area contributed by atoms with Gasteiger partial charge in [-0.1, -0.05) is 34.4 Å². The molecule has 0 spiro atoms. The van der Waals surface area contributed by atoms with Gasteiger partial charge in [0.1, 0.15) is 5.69 Å². The molecule has 3 rings (SSSR count). The van der Waals surface area contributed by atoms with Crippen LogP contribution in [0.15, 0.2) is 47.2 Å². The van der Waals surface area contributed by atoms with Gasteiger partial charge in [-0.05, 0) is 24.3 Å². The van der Waals surface area contributed by atoms with Crippen LogP contribution in [0.1, 0.15) is 0 Å². The molecule has 2 heterocycles. The molecule has 0 bridgehead atoms. The molecule has 100 valence electrons. The Labute approximate surface area is 125 Å². The molecule has 0 unspecified atom stereocenters. The number of hydrogen-bond donors (Lipinski definition) is 1. The van der Waals surface area contributed by atoms with E-state index in [9.17, 15) is 0 Å². The maximum atomic E-state index is 6.23. The molecule has 1 aromatic carbocycles.